The van der Waals surface area contributed by atoms with Crippen LogP contribution in [0.25, 0.3) is 0 Å². The van der Waals surface area contributed by atoms with Crippen LogP contribution in [0.2, 0.25) is 0 Å². The Hall–Kier alpha value is -3.60. The zero-order valence-electron chi connectivity index (χ0n) is 17.3. The number of aliphatic hydroxyl groups excluding tert-OH is 1. The smallest absolute Gasteiger partial charge is 0.133 e. The standard InChI is InChI=1S/C27H23N3O/c1-28-18-19-17-21(15-16-22(19)27(28)31)30-25-13-7-5-11-23(25)29(20-9-3-2-4-10-20)24-12-6-8-14-26(24)30/h2-17,27,31H,18H2,1H3. The summed E-state index contributed by atoms with van der Waals surface area (Å²) in [6.45, 7) is 0.748. The Morgan fingerprint density at radius 1 is 0.645 bits per heavy atom. The van der Waals surface area contributed by atoms with Gasteiger partial charge in [0.05, 0.1) is 22.7 Å². The Morgan fingerprint density at radius 2 is 1.16 bits per heavy atom. The highest BCUT2D eigenvalue weighted by molar-refractivity contribution is 6.01. The van der Waals surface area contributed by atoms with Crippen molar-refractivity contribution in [3.05, 3.63) is 108 Å². The lowest BCUT2D eigenvalue weighted by Gasteiger charge is -2.40. The van der Waals surface area contributed by atoms with Gasteiger partial charge in [0.25, 0.3) is 0 Å². The first-order valence-corrected chi connectivity index (χ1v) is 10.6. The Bertz CT molecular complexity index is 1220. The Labute approximate surface area is 182 Å². The molecular weight excluding hydrogens is 382 g/mol. The van der Waals surface area contributed by atoms with Gasteiger partial charge in [0.15, 0.2) is 0 Å². The second-order valence-electron chi connectivity index (χ2n) is 8.16. The van der Waals surface area contributed by atoms with Gasteiger partial charge < -0.3 is 14.9 Å². The zero-order chi connectivity index (χ0) is 20.9. The molecule has 0 fully saturated rings. The summed E-state index contributed by atoms with van der Waals surface area (Å²) in [6.07, 6.45) is -0.529. The van der Waals surface area contributed by atoms with E-state index >= 15 is 0 Å². The second kappa shape index (κ2) is 6.98. The summed E-state index contributed by atoms with van der Waals surface area (Å²) in [4.78, 5) is 6.62. The average molecular weight is 406 g/mol. The lowest BCUT2D eigenvalue weighted by molar-refractivity contribution is 0.0337. The SMILES string of the molecule is CN1Cc2cc(N3c4ccccc4N(c4ccccc4)c4ccccc43)ccc2C1O. The van der Waals surface area contributed by atoms with Gasteiger partial charge in [-0.05, 0) is 66.7 Å². The molecule has 31 heavy (non-hydrogen) atoms. The predicted octanol–water partition coefficient (Wildman–Crippen LogP) is 6.38. The van der Waals surface area contributed by atoms with Crippen LogP contribution in [0.1, 0.15) is 17.4 Å². The first kappa shape index (κ1) is 18.2. The van der Waals surface area contributed by atoms with Crippen LogP contribution in [0.5, 0.6) is 0 Å². The van der Waals surface area contributed by atoms with E-state index in [1.807, 2.05) is 18.0 Å². The third-order valence-corrected chi connectivity index (χ3v) is 6.24. The van der Waals surface area contributed by atoms with E-state index in [0.29, 0.717) is 0 Å². The number of rotatable bonds is 2. The molecule has 0 aromatic heterocycles. The molecule has 4 aromatic carbocycles. The van der Waals surface area contributed by atoms with Crippen LogP contribution >= 0.6 is 0 Å². The fourth-order valence-electron chi connectivity index (χ4n) is 4.79. The molecule has 4 heteroatoms. The minimum Gasteiger partial charge on any atom is -0.374 e. The highest BCUT2D eigenvalue weighted by Crippen LogP contribution is 2.54. The fourth-order valence-corrected chi connectivity index (χ4v) is 4.79. The molecular formula is C27H23N3O. The molecule has 0 amide bonds. The van der Waals surface area contributed by atoms with Crippen molar-refractivity contribution >= 4 is 34.1 Å². The van der Waals surface area contributed by atoms with Gasteiger partial charge in [-0.25, -0.2) is 0 Å². The van der Waals surface area contributed by atoms with Gasteiger partial charge in [-0.3, -0.25) is 4.90 Å². The minimum atomic E-state index is -0.529. The molecule has 0 radical (unpaired) electrons. The molecule has 4 nitrogen and oxygen atoms in total. The van der Waals surface area contributed by atoms with Crippen LogP contribution in [-0.2, 0) is 6.54 Å². The Balaban J connectivity index is 1.57. The maximum absolute atomic E-state index is 10.4. The van der Waals surface area contributed by atoms with Gasteiger partial charge >= 0.3 is 0 Å². The number of nitrogens with zero attached hydrogens (tertiary/aromatic N) is 3. The van der Waals surface area contributed by atoms with Crippen molar-refractivity contribution in [3.63, 3.8) is 0 Å². The monoisotopic (exact) mass is 405 g/mol. The van der Waals surface area contributed by atoms with Gasteiger partial charge in [-0.1, -0.05) is 48.5 Å². The molecule has 1 N–H and O–H groups in total. The van der Waals surface area contributed by atoms with Crippen LogP contribution < -0.4 is 9.80 Å². The summed E-state index contributed by atoms with van der Waals surface area (Å²) < 4.78 is 0. The van der Waals surface area contributed by atoms with Crippen molar-refractivity contribution in [1.82, 2.24) is 4.90 Å². The molecule has 0 aliphatic carbocycles. The number of hydrogen-bond acceptors (Lipinski definition) is 4. The van der Waals surface area contributed by atoms with E-state index in [1.165, 1.54) is 5.56 Å². The van der Waals surface area contributed by atoms with Crippen molar-refractivity contribution < 1.29 is 5.11 Å². The van der Waals surface area contributed by atoms with Crippen molar-refractivity contribution in [3.8, 4) is 0 Å². The molecule has 0 spiro atoms. The molecule has 4 aromatic rings. The van der Waals surface area contributed by atoms with Gasteiger partial charge in [0, 0.05) is 17.9 Å². The first-order valence-electron chi connectivity index (χ1n) is 10.6. The van der Waals surface area contributed by atoms with Crippen LogP contribution in [0, 0.1) is 0 Å². The van der Waals surface area contributed by atoms with E-state index in [1.54, 1.807) is 0 Å². The topological polar surface area (TPSA) is 30.0 Å². The van der Waals surface area contributed by atoms with E-state index in [2.05, 4.69) is 101 Å². The van der Waals surface area contributed by atoms with E-state index in [9.17, 15) is 5.11 Å². The highest BCUT2D eigenvalue weighted by Gasteiger charge is 2.31. The molecule has 0 saturated heterocycles. The lowest BCUT2D eigenvalue weighted by Crippen LogP contribution is -2.23. The van der Waals surface area contributed by atoms with Crippen molar-refractivity contribution in [2.24, 2.45) is 0 Å². The maximum atomic E-state index is 10.4. The molecule has 2 aliphatic heterocycles. The zero-order valence-corrected chi connectivity index (χ0v) is 17.3. The number of benzene rings is 4. The van der Waals surface area contributed by atoms with E-state index in [0.717, 1.165) is 46.2 Å². The van der Waals surface area contributed by atoms with Crippen LogP contribution in [0.15, 0.2) is 97.1 Å². The molecule has 0 saturated carbocycles. The van der Waals surface area contributed by atoms with E-state index in [-0.39, 0.29) is 0 Å². The molecule has 0 bridgehead atoms. The summed E-state index contributed by atoms with van der Waals surface area (Å²) in [7, 11) is 1.95. The number of fused-ring (bicyclic) bond motifs is 3. The van der Waals surface area contributed by atoms with Crippen molar-refractivity contribution in [2.45, 2.75) is 12.8 Å². The highest BCUT2D eigenvalue weighted by atomic mass is 16.3. The summed E-state index contributed by atoms with van der Waals surface area (Å²) >= 11 is 0. The van der Waals surface area contributed by atoms with Gasteiger partial charge in [-0.15, -0.1) is 0 Å². The van der Waals surface area contributed by atoms with E-state index < -0.39 is 6.23 Å². The summed E-state index contributed by atoms with van der Waals surface area (Å²) in [5.74, 6) is 0. The Kier molecular flexibility index (Phi) is 4.10. The number of para-hydroxylation sites is 5. The summed E-state index contributed by atoms with van der Waals surface area (Å²) in [5, 5.41) is 10.4. The average Bonchev–Trinajstić information content (AvgIpc) is 3.10. The van der Waals surface area contributed by atoms with Crippen LogP contribution in [-0.4, -0.2) is 17.1 Å². The van der Waals surface area contributed by atoms with Gasteiger partial charge in [0.1, 0.15) is 6.23 Å². The molecule has 2 aliphatic rings. The number of hydrogen-bond donors (Lipinski definition) is 1. The van der Waals surface area contributed by atoms with Crippen LogP contribution in [0.3, 0.4) is 0 Å². The number of anilines is 6. The third kappa shape index (κ3) is 2.76. The quantitative estimate of drug-likeness (QED) is 0.369. The van der Waals surface area contributed by atoms with Crippen LogP contribution in [0.4, 0.5) is 34.1 Å². The van der Waals surface area contributed by atoms with Gasteiger partial charge in [0.2, 0.25) is 0 Å². The molecule has 152 valence electrons. The fraction of sp³-hybridized carbons (Fsp3) is 0.111. The third-order valence-electron chi connectivity index (χ3n) is 6.24. The normalized spacial score (nSPS) is 17.3. The van der Waals surface area contributed by atoms with Gasteiger partial charge in [-0.2, -0.15) is 0 Å². The Morgan fingerprint density at radius 3 is 1.74 bits per heavy atom. The summed E-state index contributed by atoms with van der Waals surface area (Å²) in [5.41, 5.74) is 8.97. The van der Waals surface area contributed by atoms with Crippen molar-refractivity contribution in [1.29, 1.82) is 0 Å². The van der Waals surface area contributed by atoms with Crippen molar-refractivity contribution in [2.75, 3.05) is 16.8 Å². The lowest BCUT2D eigenvalue weighted by atomic mass is 10.0. The first-order chi connectivity index (χ1) is 15.2. The predicted molar refractivity (Wildman–Crippen MR) is 126 cm³/mol. The maximum Gasteiger partial charge on any atom is 0.133 e. The molecule has 1 unspecified atom stereocenters. The molecule has 1 atom stereocenters. The largest absolute Gasteiger partial charge is 0.374 e. The number of aliphatic hydroxyl groups is 1. The van der Waals surface area contributed by atoms with E-state index in [4.69, 9.17) is 0 Å². The minimum absolute atomic E-state index is 0.529. The second-order valence-corrected chi connectivity index (χ2v) is 8.16. The molecule has 6 rings (SSSR count). The summed E-state index contributed by atoms with van der Waals surface area (Å²) in [6, 6.07) is 34.0. The molecule has 2 heterocycles.